The van der Waals surface area contributed by atoms with E-state index in [9.17, 15) is 13.2 Å². The molecule has 0 atom stereocenters. The molecule has 0 aromatic carbocycles. The number of hydrogen-bond donors (Lipinski definition) is 1. The third-order valence-electron chi connectivity index (χ3n) is 2.15. The second-order valence-corrected chi connectivity index (χ2v) is 3.61. The average Bonchev–Trinajstić information content (AvgIpc) is 2.56. The highest BCUT2D eigenvalue weighted by molar-refractivity contribution is 4.82. The van der Waals surface area contributed by atoms with E-state index < -0.39 is 12.6 Å². The van der Waals surface area contributed by atoms with Gasteiger partial charge < -0.3 is 9.88 Å². The largest absolute Gasteiger partial charge is 0.389 e. The number of aryl methyl sites for hydroxylation is 1. The standard InChI is InChI=1S/C9H15F3N4/c1-16-7-14-15-8(16)6-13-5-3-2-4-9(10,11)12/h7,13H,2-6H2,1H3. The van der Waals surface area contributed by atoms with Crippen molar-refractivity contribution in [1.82, 2.24) is 20.1 Å². The molecule has 7 heteroatoms. The van der Waals surface area contributed by atoms with E-state index in [0.717, 1.165) is 5.82 Å². The van der Waals surface area contributed by atoms with E-state index in [1.807, 2.05) is 7.05 Å². The molecule has 92 valence electrons. The molecule has 4 nitrogen and oxygen atoms in total. The molecule has 0 fully saturated rings. The second kappa shape index (κ2) is 5.83. The van der Waals surface area contributed by atoms with Crippen LogP contribution in [0.25, 0.3) is 0 Å². The lowest BCUT2D eigenvalue weighted by Crippen LogP contribution is -2.18. The lowest BCUT2D eigenvalue weighted by atomic mass is 10.2. The quantitative estimate of drug-likeness (QED) is 0.763. The molecule has 1 rings (SSSR count). The summed E-state index contributed by atoms with van der Waals surface area (Å²) in [5.41, 5.74) is 0. The fraction of sp³-hybridized carbons (Fsp3) is 0.778. The molecule has 0 spiro atoms. The number of alkyl halides is 3. The number of nitrogens with zero attached hydrogens (tertiary/aromatic N) is 3. The minimum absolute atomic E-state index is 0.162. The number of rotatable bonds is 6. The normalized spacial score (nSPS) is 12.0. The van der Waals surface area contributed by atoms with Crippen molar-refractivity contribution in [2.24, 2.45) is 7.05 Å². The number of aromatic nitrogens is 3. The van der Waals surface area contributed by atoms with E-state index in [1.165, 1.54) is 0 Å². The Morgan fingerprint density at radius 3 is 2.69 bits per heavy atom. The topological polar surface area (TPSA) is 42.7 Å². The van der Waals surface area contributed by atoms with Gasteiger partial charge in [-0.05, 0) is 19.4 Å². The van der Waals surface area contributed by atoms with Gasteiger partial charge in [0.2, 0.25) is 0 Å². The van der Waals surface area contributed by atoms with Gasteiger partial charge >= 0.3 is 6.18 Å². The van der Waals surface area contributed by atoms with Crippen LogP contribution < -0.4 is 5.32 Å². The van der Waals surface area contributed by atoms with Crippen molar-refractivity contribution in [2.45, 2.75) is 32.0 Å². The number of unbranched alkanes of at least 4 members (excludes halogenated alkanes) is 1. The zero-order valence-electron chi connectivity index (χ0n) is 9.09. The van der Waals surface area contributed by atoms with Crippen LogP contribution in [0, 0.1) is 0 Å². The highest BCUT2D eigenvalue weighted by atomic mass is 19.4. The number of halogens is 3. The Morgan fingerprint density at radius 1 is 1.38 bits per heavy atom. The molecule has 0 amide bonds. The Labute approximate surface area is 91.9 Å². The minimum atomic E-state index is -4.04. The molecule has 0 saturated carbocycles. The maximum Gasteiger partial charge on any atom is 0.389 e. The Kier molecular flexibility index (Phi) is 4.72. The summed E-state index contributed by atoms with van der Waals surface area (Å²) in [4.78, 5) is 0. The number of nitrogens with one attached hydrogen (secondary N) is 1. The maximum atomic E-state index is 11.8. The fourth-order valence-corrected chi connectivity index (χ4v) is 1.24. The van der Waals surface area contributed by atoms with Crippen LogP contribution in [-0.4, -0.2) is 27.5 Å². The first-order valence-electron chi connectivity index (χ1n) is 5.09. The van der Waals surface area contributed by atoms with Crippen LogP contribution >= 0.6 is 0 Å². The minimum Gasteiger partial charge on any atom is -0.320 e. The Bertz CT molecular complexity index is 308. The number of hydrogen-bond acceptors (Lipinski definition) is 3. The first kappa shape index (κ1) is 13.0. The van der Waals surface area contributed by atoms with Crippen LogP contribution in [0.1, 0.15) is 25.1 Å². The van der Waals surface area contributed by atoms with Gasteiger partial charge in [0.15, 0.2) is 0 Å². The first-order chi connectivity index (χ1) is 7.49. The van der Waals surface area contributed by atoms with E-state index in [1.54, 1.807) is 10.9 Å². The van der Waals surface area contributed by atoms with Gasteiger partial charge in [0.25, 0.3) is 0 Å². The van der Waals surface area contributed by atoms with Crippen molar-refractivity contribution >= 4 is 0 Å². The lowest BCUT2D eigenvalue weighted by molar-refractivity contribution is -0.135. The van der Waals surface area contributed by atoms with E-state index in [4.69, 9.17) is 0 Å². The summed E-state index contributed by atoms with van der Waals surface area (Å²) < 4.78 is 37.2. The van der Waals surface area contributed by atoms with Crippen LogP contribution in [0.3, 0.4) is 0 Å². The zero-order chi connectivity index (χ0) is 12.0. The van der Waals surface area contributed by atoms with Crippen molar-refractivity contribution in [1.29, 1.82) is 0 Å². The van der Waals surface area contributed by atoms with Crippen molar-refractivity contribution in [3.05, 3.63) is 12.2 Å². The predicted molar refractivity (Wildman–Crippen MR) is 52.6 cm³/mol. The van der Waals surface area contributed by atoms with Crippen molar-refractivity contribution in [3.8, 4) is 0 Å². The Morgan fingerprint density at radius 2 is 2.12 bits per heavy atom. The second-order valence-electron chi connectivity index (χ2n) is 3.61. The smallest absolute Gasteiger partial charge is 0.320 e. The van der Waals surface area contributed by atoms with Gasteiger partial charge in [-0.3, -0.25) is 0 Å². The molecule has 0 bridgehead atoms. The summed E-state index contributed by atoms with van der Waals surface area (Å²) >= 11 is 0. The first-order valence-corrected chi connectivity index (χ1v) is 5.09. The third-order valence-corrected chi connectivity index (χ3v) is 2.15. The van der Waals surface area contributed by atoms with Crippen molar-refractivity contribution in [3.63, 3.8) is 0 Å². The molecule has 0 aliphatic carbocycles. The summed E-state index contributed by atoms with van der Waals surface area (Å²) in [6.07, 6.45) is -2.49. The summed E-state index contributed by atoms with van der Waals surface area (Å²) in [5, 5.41) is 10.6. The van der Waals surface area contributed by atoms with Crippen LogP contribution in [-0.2, 0) is 13.6 Å². The predicted octanol–water partition coefficient (Wildman–Crippen LogP) is 1.64. The highest BCUT2D eigenvalue weighted by Gasteiger charge is 2.25. The zero-order valence-corrected chi connectivity index (χ0v) is 9.09. The molecular formula is C9H15F3N4. The van der Waals surface area contributed by atoms with Gasteiger partial charge in [0.1, 0.15) is 12.2 Å². The van der Waals surface area contributed by atoms with Crippen LogP contribution in [0.15, 0.2) is 6.33 Å². The molecule has 1 aromatic rings. The molecule has 1 N–H and O–H groups in total. The van der Waals surface area contributed by atoms with Gasteiger partial charge in [-0.25, -0.2) is 0 Å². The molecule has 0 aliphatic heterocycles. The van der Waals surface area contributed by atoms with E-state index in [0.29, 0.717) is 19.5 Å². The van der Waals surface area contributed by atoms with Crippen molar-refractivity contribution in [2.75, 3.05) is 6.54 Å². The fourth-order valence-electron chi connectivity index (χ4n) is 1.24. The van der Waals surface area contributed by atoms with Crippen LogP contribution in [0.2, 0.25) is 0 Å². The molecular weight excluding hydrogens is 221 g/mol. The molecule has 0 aliphatic rings. The van der Waals surface area contributed by atoms with Gasteiger partial charge in [-0.1, -0.05) is 0 Å². The molecule has 1 heterocycles. The summed E-state index contributed by atoms with van der Waals surface area (Å²) in [6.45, 7) is 1.09. The van der Waals surface area contributed by atoms with Gasteiger partial charge in [-0.15, -0.1) is 10.2 Å². The lowest BCUT2D eigenvalue weighted by Gasteiger charge is -2.06. The molecule has 0 saturated heterocycles. The molecule has 0 radical (unpaired) electrons. The van der Waals surface area contributed by atoms with Crippen LogP contribution in [0.4, 0.5) is 13.2 Å². The van der Waals surface area contributed by atoms with Crippen molar-refractivity contribution < 1.29 is 13.2 Å². The molecule has 1 aromatic heterocycles. The van der Waals surface area contributed by atoms with Gasteiger partial charge in [-0.2, -0.15) is 13.2 Å². The summed E-state index contributed by atoms with van der Waals surface area (Å²) in [5.74, 6) is 0.774. The van der Waals surface area contributed by atoms with Gasteiger partial charge in [0, 0.05) is 13.5 Å². The third kappa shape index (κ3) is 5.11. The maximum absolute atomic E-state index is 11.8. The average molecular weight is 236 g/mol. The summed E-state index contributed by atoms with van der Waals surface area (Å²) in [6, 6.07) is 0. The van der Waals surface area contributed by atoms with E-state index in [2.05, 4.69) is 15.5 Å². The Balaban J connectivity index is 2.03. The Hall–Kier alpha value is -1.11. The van der Waals surface area contributed by atoms with E-state index >= 15 is 0 Å². The monoisotopic (exact) mass is 236 g/mol. The molecule has 16 heavy (non-hydrogen) atoms. The van der Waals surface area contributed by atoms with Crippen LogP contribution in [0.5, 0.6) is 0 Å². The summed E-state index contributed by atoms with van der Waals surface area (Å²) in [7, 11) is 1.82. The van der Waals surface area contributed by atoms with Gasteiger partial charge in [0.05, 0.1) is 6.54 Å². The highest BCUT2D eigenvalue weighted by Crippen LogP contribution is 2.21. The van der Waals surface area contributed by atoms with E-state index in [-0.39, 0.29) is 6.42 Å². The SMILES string of the molecule is Cn1cnnc1CNCCCCC(F)(F)F. The molecule has 0 unspecified atom stereocenters.